The Morgan fingerprint density at radius 3 is 2.42 bits per heavy atom. The van der Waals surface area contributed by atoms with Gasteiger partial charge < -0.3 is 4.90 Å². The fraction of sp³-hybridized carbons (Fsp3) is 0.273. The molecule has 1 aliphatic heterocycles. The lowest BCUT2D eigenvalue weighted by atomic mass is 10.1. The highest BCUT2D eigenvalue weighted by Crippen LogP contribution is 2.37. The molecule has 1 amide bonds. The second-order valence-electron chi connectivity index (χ2n) is 3.90. The van der Waals surface area contributed by atoms with Crippen LogP contribution in [0, 0.1) is 5.82 Å². The van der Waals surface area contributed by atoms with E-state index < -0.39 is 42.3 Å². The molecule has 0 fully saturated rings. The normalized spacial score (nSPS) is 15.1. The molecule has 1 aromatic rings. The van der Waals surface area contributed by atoms with Crippen molar-refractivity contribution in [2.24, 2.45) is 0 Å². The number of carbonyl (C=O) groups is 2. The monoisotopic (exact) mass is 295 g/mol. The van der Waals surface area contributed by atoms with Gasteiger partial charge in [0.2, 0.25) is 0 Å². The molecule has 0 radical (unpaired) electrons. The molecule has 0 saturated heterocycles. The van der Waals surface area contributed by atoms with Gasteiger partial charge in [-0.2, -0.15) is 13.2 Å². The quantitative estimate of drug-likeness (QED) is 0.621. The molecule has 0 saturated carbocycles. The highest BCUT2D eigenvalue weighted by molar-refractivity contribution is 6.55. The summed E-state index contributed by atoms with van der Waals surface area (Å²) in [5, 5.41) is -0.163. The fourth-order valence-corrected chi connectivity index (χ4v) is 2.04. The van der Waals surface area contributed by atoms with E-state index in [9.17, 15) is 27.2 Å². The molecule has 19 heavy (non-hydrogen) atoms. The van der Waals surface area contributed by atoms with E-state index in [2.05, 4.69) is 0 Å². The topological polar surface area (TPSA) is 37.4 Å². The number of anilines is 1. The van der Waals surface area contributed by atoms with Gasteiger partial charge in [0.25, 0.3) is 11.7 Å². The largest absolute Gasteiger partial charge is 0.390 e. The number of halogens is 5. The minimum atomic E-state index is -4.51. The molecule has 0 spiro atoms. The second kappa shape index (κ2) is 4.48. The predicted octanol–water partition coefficient (Wildman–Crippen LogP) is 2.96. The van der Waals surface area contributed by atoms with E-state index in [1.54, 1.807) is 0 Å². The maximum atomic E-state index is 13.6. The average Bonchev–Trinajstić information content (AvgIpc) is 2.55. The van der Waals surface area contributed by atoms with E-state index in [0.29, 0.717) is 4.90 Å². The van der Waals surface area contributed by atoms with Gasteiger partial charge in [-0.15, -0.1) is 0 Å². The van der Waals surface area contributed by atoms with Gasteiger partial charge in [-0.3, -0.25) is 9.59 Å². The van der Waals surface area contributed by atoms with E-state index >= 15 is 0 Å². The van der Waals surface area contributed by atoms with Crippen molar-refractivity contribution in [3.8, 4) is 0 Å². The van der Waals surface area contributed by atoms with Gasteiger partial charge in [-0.05, 0) is 12.1 Å². The molecule has 0 aromatic heterocycles. The maximum absolute atomic E-state index is 13.6. The van der Waals surface area contributed by atoms with Gasteiger partial charge >= 0.3 is 6.18 Å². The van der Waals surface area contributed by atoms with Crippen LogP contribution in [0.4, 0.5) is 23.2 Å². The Morgan fingerprint density at radius 1 is 1.21 bits per heavy atom. The Balaban J connectivity index is 2.42. The average molecular weight is 296 g/mol. The molecule has 0 atom stereocenters. The van der Waals surface area contributed by atoms with Gasteiger partial charge in [0.05, 0.1) is 22.7 Å². The lowest BCUT2D eigenvalue weighted by molar-refractivity contribution is -0.133. The first-order valence-electron chi connectivity index (χ1n) is 5.13. The van der Waals surface area contributed by atoms with Crippen molar-refractivity contribution in [1.82, 2.24) is 0 Å². The van der Waals surface area contributed by atoms with E-state index in [-0.39, 0.29) is 10.6 Å². The lowest BCUT2D eigenvalue weighted by Crippen LogP contribution is -2.33. The Bertz CT molecular complexity index is 571. The minimum absolute atomic E-state index is 0.163. The molecule has 0 unspecified atom stereocenters. The summed E-state index contributed by atoms with van der Waals surface area (Å²) in [5.74, 6) is -3.26. The van der Waals surface area contributed by atoms with Crippen LogP contribution in [0.2, 0.25) is 5.02 Å². The first-order chi connectivity index (χ1) is 8.72. The van der Waals surface area contributed by atoms with Gasteiger partial charge in [0.15, 0.2) is 0 Å². The number of ketones is 1. The van der Waals surface area contributed by atoms with Crippen LogP contribution in [0.25, 0.3) is 0 Å². The van der Waals surface area contributed by atoms with E-state index in [1.165, 1.54) is 0 Å². The zero-order valence-corrected chi connectivity index (χ0v) is 9.98. The summed E-state index contributed by atoms with van der Waals surface area (Å²) in [6.45, 7) is -0.821. The molecule has 8 heteroatoms. The summed E-state index contributed by atoms with van der Waals surface area (Å²) in [7, 11) is 0. The molecule has 1 aromatic carbocycles. The van der Waals surface area contributed by atoms with Crippen molar-refractivity contribution in [1.29, 1.82) is 0 Å². The highest BCUT2D eigenvalue weighted by atomic mass is 35.5. The zero-order valence-electron chi connectivity index (χ0n) is 9.22. The number of Topliss-reactive ketones (excluding diaryl/α,β-unsaturated/α-hetero) is 1. The number of hydrogen-bond donors (Lipinski definition) is 0. The van der Waals surface area contributed by atoms with Gasteiger partial charge in [-0.1, -0.05) is 11.6 Å². The van der Waals surface area contributed by atoms with Crippen molar-refractivity contribution in [3.05, 3.63) is 28.5 Å². The van der Waals surface area contributed by atoms with Crippen molar-refractivity contribution in [2.45, 2.75) is 12.6 Å². The molecular weight excluding hydrogens is 290 g/mol. The standard InChI is InChI=1S/C11H6ClF4NO2/c12-5-1-2-6(13)8-7(5)9(18)10(19)17(8)4-3-11(14,15)16/h1-2H,3-4H2. The Hall–Kier alpha value is -1.63. The number of carbonyl (C=O) groups excluding carboxylic acids is 2. The molecule has 0 aliphatic carbocycles. The van der Waals surface area contributed by atoms with Gasteiger partial charge in [0.1, 0.15) is 5.82 Å². The number of hydrogen-bond acceptors (Lipinski definition) is 2. The summed E-state index contributed by atoms with van der Waals surface area (Å²) in [6.07, 6.45) is -5.85. The number of rotatable bonds is 2. The summed E-state index contributed by atoms with van der Waals surface area (Å²) >= 11 is 5.67. The van der Waals surface area contributed by atoms with Crippen LogP contribution in [0.15, 0.2) is 12.1 Å². The molecule has 0 N–H and O–H groups in total. The zero-order chi connectivity index (χ0) is 14.4. The van der Waals surface area contributed by atoms with E-state index in [4.69, 9.17) is 11.6 Å². The van der Waals surface area contributed by atoms with Crippen LogP contribution < -0.4 is 4.90 Å². The van der Waals surface area contributed by atoms with Gasteiger partial charge in [0, 0.05) is 6.54 Å². The number of amides is 1. The third-order valence-corrected chi connectivity index (χ3v) is 2.95. The van der Waals surface area contributed by atoms with Crippen molar-refractivity contribution in [2.75, 3.05) is 11.4 Å². The lowest BCUT2D eigenvalue weighted by Gasteiger charge is -2.18. The first kappa shape index (κ1) is 13.8. The summed E-state index contributed by atoms with van der Waals surface area (Å²) in [4.78, 5) is 23.6. The fourth-order valence-electron chi connectivity index (χ4n) is 1.80. The summed E-state index contributed by atoms with van der Waals surface area (Å²) in [6, 6.07) is 1.97. The molecule has 3 nitrogen and oxygen atoms in total. The number of nitrogens with zero attached hydrogens (tertiary/aromatic N) is 1. The molecule has 2 rings (SSSR count). The van der Waals surface area contributed by atoms with Crippen molar-refractivity contribution >= 4 is 29.0 Å². The molecule has 102 valence electrons. The van der Waals surface area contributed by atoms with E-state index in [0.717, 1.165) is 12.1 Å². The summed E-state index contributed by atoms with van der Waals surface area (Å²) in [5.41, 5.74) is -0.861. The van der Waals surface area contributed by atoms with Crippen LogP contribution in [-0.2, 0) is 4.79 Å². The Labute approximate surface area is 109 Å². The van der Waals surface area contributed by atoms with E-state index in [1.807, 2.05) is 0 Å². The molecular formula is C11H6ClF4NO2. The van der Waals surface area contributed by atoms with Crippen LogP contribution in [0.3, 0.4) is 0 Å². The predicted molar refractivity (Wildman–Crippen MR) is 58.8 cm³/mol. The number of alkyl halides is 3. The minimum Gasteiger partial charge on any atom is -0.302 e. The highest BCUT2D eigenvalue weighted by Gasteiger charge is 2.41. The third kappa shape index (κ3) is 2.42. The van der Waals surface area contributed by atoms with Crippen LogP contribution in [-0.4, -0.2) is 24.4 Å². The second-order valence-corrected chi connectivity index (χ2v) is 4.31. The SMILES string of the molecule is O=C1C(=O)N(CCC(F)(F)F)c2c(F)ccc(Cl)c21. The molecule has 1 aliphatic rings. The molecule has 0 bridgehead atoms. The Kier molecular flexibility index (Phi) is 3.25. The Morgan fingerprint density at radius 2 is 1.84 bits per heavy atom. The van der Waals surface area contributed by atoms with Gasteiger partial charge in [-0.25, -0.2) is 4.39 Å². The number of fused-ring (bicyclic) bond motifs is 1. The number of benzene rings is 1. The van der Waals surface area contributed by atoms with Crippen molar-refractivity contribution in [3.63, 3.8) is 0 Å². The maximum Gasteiger partial charge on any atom is 0.390 e. The smallest absolute Gasteiger partial charge is 0.302 e. The molecule has 1 heterocycles. The van der Waals surface area contributed by atoms with Crippen LogP contribution >= 0.6 is 11.6 Å². The summed E-state index contributed by atoms with van der Waals surface area (Å²) < 4.78 is 50.0. The van der Waals surface area contributed by atoms with Crippen molar-refractivity contribution < 1.29 is 27.2 Å². The van der Waals surface area contributed by atoms with Crippen LogP contribution in [0.5, 0.6) is 0 Å². The first-order valence-corrected chi connectivity index (χ1v) is 5.51. The van der Waals surface area contributed by atoms with Crippen LogP contribution in [0.1, 0.15) is 16.8 Å². The third-order valence-electron chi connectivity index (χ3n) is 2.63.